The van der Waals surface area contributed by atoms with Gasteiger partial charge in [0.05, 0.1) is 22.6 Å². The Kier molecular flexibility index (Phi) is 6.15. The van der Waals surface area contributed by atoms with E-state index >= 15 is 0 Å². The van der Waals surface area contributed by atoms with Crippen LogP contribution >= 0.6 is 11.6 Å². The van der Waals surface area contributed by atoms with E-state index in [1.807, 2.05) is 6.07 Å². The second-order valence-corrected chi connectivity index (χ2v) is 6.36. The van der Waals surface area contributed by atoms with Crippen LogP contribution in [0.5, 0.6) is 5.75 Å². The molecule has 3 rings (SSSR count). The zero-order valence-corrected chi connectivity index (χ0v) is 16.3. The normalized spacial score (nSPS) is 10.9. The Labute approximate surface area is 176 Å². The van der Waals surface area contributed by atoms with Gasteiger partial charge in [0.25, 0.3) is 11.6 Å². The lowest BCUT2D eigenvalue weighted by molar-refractivity contribution is -0.384. The van der Waals surface area contributed by atoms with Gasteiger partial charge in [-0.25, -0.2) is 0 Å². The Hall–Kier alpha value is -4.09. The maximum atomic E-state index is 12.4. The average Bonchev–Trinajstić information content (AvgIpc) is 3.20. The molecule has 0 bridgehead atoms. The second-order valence-electron chi connectivity index (χ2n) is 5.95. The molecule has 0 unspecified atom stereocenters. The molecule has 0 atom stereocenters. The molecule has 0 aliphatic heterocycles. The SMILES string of the molecule is COc1ccc(NC(=O)/C(C#N)=C/c2ccc(-c3ccccc3[N+](=O)[O-])o2)cc1Cl. The molecule has 2 aromatic carbocycles. The molecule has 0 aliphatic carbocycles. The van der Waals surface area contributed by atoms with Crippen LogP contribution < -0.4 is 10.1 Å². The van der Waals surface area contributed by atoms with Crippen molar-refractivity contribution in [3.8, 4) is 23.1 Å². The number of halogens is 1. The van der Waals surface area contributed by atoms with E-state index in [0.717, 1.165) is 0 Å². The Morgan fingerprint density at radius 2 is 2.03 bits per heavy atom. The summed E-state index contributed by atoms with van der Waals surface area (Å²) in [4.78, 5) is 23.1. The molecule has 0 saturated carbocycles. The molecule has 150 valence electrons. The Morgan fingerprint density at radius 3 is 2.70 bits per heavy atom. The molecule has 0 spiro atoms. The predicted molar refractivity (Wildman–Crippen MR) is 111 cm³/mol. The van der Waals surface area contributed by atoms with Gasteiger partial charge in [-0.3, -0.25) is 14.9 Å². The average molecular weight is 424 g/mol. The highest BCUT2D eigenvalue weighted by atomic mass is 35.5. The quantitative estimate of drug-likeness (QED) is 0.256. The summed E-state index contributed by atoms with van der Waals surface area (Å²) in [6.45, 7) is 0. The molecule has 0 radical (unpaired) electrons. The van der Waals surface area contributed by atoms with Gasteiger partial charge in [0.2, 0.25) is 0 Å². The molecule has 8 nitrogen and oxygen atoms in total. The van der Waals surface area contributed by atoms with Crippen LogP contribution in [0.2, 0.25) is 5.02 Å². The Bertz CT molecular complexity index is 1190. The number of hydrogen-bond acceptors (Lipinski definition) is 6. The van der Waals surface area contributed by atoms with E-state index in [1.54, 1.807) is 30.3 Å². The molecule has 3 aromatic rings. The van der Waals surface area contributed by atoms with E-state index in [2.05, 4.69) is 5.32 Å². The highest BCUT2D eigenvalue weighted by molar-refractivity contribution is 6.32. The third kappa shape index (κ3) is 4.48. The van der Waals surface area contributed by atoms with Crippen molar-refractivity contribution >= 4 is 35.0 Å². The maximum Gasteiger partial charge on any atom is 0.280 e. The van der Waals surface area contributed by atoms with Crippen molar-refractivity contribution in [3.63, 3.8) is 0 Å². The molecule has 0 saturated heterocycles. The van der Waals surface area contributed by atoms with E-state index < -0.39 is 10.8 Å². The van der Waals surface area contributed by atoms with Crippen LogP contribution in [-0.2, 0) is 4.79 Å². The first-order valence-corrected chi connectivity index (χ1v) is 8.91. The van der Waals surface area contributed by atoms with Gasteiger partial charge in [0.1, 0.15) is 28.9 Å². The monoisotopic (exact) mass is 423 g/mol. The van der Waals surface area contributed by atoms with E-state index in [0.29, 0.717) is 16.5 Å². The summed E-state index contributed by atoms with van der Waals surface area (Å²) < 4.78 is 10.6. The molecule has 1 N–H and O–H groups in total. The van der Waals surface area contributed by atoms with Gasteiger partial charge in [-0.05, 0) is 36.4 Å². The molecule has 1 heterocycles. The maximum absolute atomic E-state index is 12.4. The minimum Gasteiger partial charge on any atom is -0.495 e. The number of para-hydroxylation sites is 1. The first kappa shape index (κ1) is 20.6. The van der Waals surface area contributed by atoms with Crippen molar-refractivity contribution in [1.82, 2.24) is 0 Å². The topological polar surface area (TPSA) is 118 Å². The summed E-state index contributed by atoms with van der Waals surface area (Å²) in [7, 11) is 1.47. The van der Waals surface area contributed by atoms with Gasteiger partial charge < -0.3 is 14.5 Å². The van der Waals surface area contributed by atoms with E-state index in [1.165, 1.54) is 37.5 Å². The fraction of sp³-hybridized carbons (Fsp3) is 0.0476. The van der Waals surface area contributed by atoms with Crippen molar-refractivity contribution < 1.29 is 18.9 Å². The third-order valence-corrected chi connectivity index (χ3v) is 4.35. The molecule has 9 heteroatoms. The van der Waals surface area contributed by atoms with Crippen LogP contribution in [0.1, 0.15) is 5.76 Å². The summed E-state index contributed by atoms with van der Waals surface area (Å²) >= 11 is 6.03. The first-order chi connectivity index (χ1) is 14.4. The number of carbonyl (C=O) groups excluding carboxylic acids is 1. The second kappa shape index (κ2) is 8.94. The third-order valence-electron chi connectivity index (χ3n) is 4.05. The number of benzene rings is 2. The lowest BCUT2D eigenvalue weighted by atomic mass is 10.1. The molecule has 0 fully saturated rings. The fourth-order valence-corrected chi connectivity index (χ4v) is 2.91. The Morgan fingerprint density at radius 1 is 1.27 bits per heavy atom. The number of amides is 1. The summed E-state index contributed by atoms with van der Waals surface area (Å²) in [5.41, 5.74) is 0.340. The van der Waals surface area contributed by atoms with E-state index in [4.69, 9.17) is 20.8 Å². The van der Waals surface area contributed by atoms with Crippen LogP contribution in [0.3, 0.4) is 0 Å². The summed E-state index contributed by atoms with van der Waals surface area (Å²) in [5.74, 6) is 0.224. The van der Waals surface area contributed by atoms with Crippen molar-refractivity contribution in [2.75, 3.05) is 12.4 Å². The summed E-state index contributed by atoms with van der Waals surface area (Å²) in [6, 6.07) is 15.6. The number of rotatable bonds is 6. The number of ether oxygens (including phenoxy) is 1. The minimum absolute atomic E-state index is 0.114. The highest BCUT2D eigenvalue weighted by Crippen LogP contribution is 2.31. The number of carbonyl (C=O) groups is 1. The van der Waals surface area contributed by atoms with Crippen molar-refractivity contribution in [2.24, 2.45) is 0 Å². The van der Waals surface area contributed by atoms with Gasteiger partial charge >= 0.3 is 0 Å². The van der Waals surface area contributed by atoms with Crippen molar-refractivity contribution in [1.29, 1.82) is 5.26 Å². The molecule has 30 heavy (non-hydrogen) atoms. The molecule has 0 aliphatic rings. The van der Waals surface area contributed by atoms with E-state index in [-0.39, 0.29) is 28.3 Å². The number of furan rings is 1. The Balaban J connectivity index is 1.84. The van der Waals surface area contributed by atoms with Gasteiger partial charge in [0, 0.05) is 17.8 Å². The van der Waals surface area contributed by atoms with Crippen LogP contribution in [0.4, 0.5) is 11.4 Å². The zero-order chi connectivity index (χ0) is 21.7. The largest absolute Gasteiger partial charge is 0.495 e. The minimum atomic E-state index is -0.664. The number of nitrogens with one attached hydrogen (secondary N) is 1. The predicted octanol–water partition coefficient (Wildman–Crippen LogP) is 5.06. The number of hydrogen-bond donors (Lipinski definition) is 1. The number of nitro groups is 1. The van der Waals surface area contributed by atoms with Gasteiger partial charge in [0.15, 0.2) is 0 Å². The standard InChI is InChI=1S/C21H14ClN3O5/c1-29-20-8-6-14(11-17(20)22)24-21(26)13(12-23)10-15-7-9-19(30-15)16-4-2-3-5-18(16)25(27)28/h2-11H,1H3,(H,24,26)/b13-10+. The molecule has 1 aromatic heterocycles. The van der Waals surface area contributed by atoms with Gasteiger partial charge in [-0.15, -0.1) is 0 Å². The van der Waals surface area contributed by atoms with Crippen LogP contribution in [-0.4, -0.2) is 17.9 Å². The number of nitriles is 1. The number of methoxy groups -OCH3 is 1. The molecular weight excluding hydrogens is 410 g/mol. The fourth-order valence-electron chi connectivity index (χ4n) is 2.65. The van der Waals surface area contributed by atoms with Crippen LogP contribution in [0.25, 0.3) is 17.4 Å². The van der Waals surface area contributed by atoms with Gasteiger partial charge in [-0.1, -0.05) is 23.7 Å². The lowest BCUT2D eigenvalue weighted by Gasteiger charge is -2.07. The number of nitro benzene ring substituents is 1. The van der Waals surface area contributed by atoms with Crippen LogP contribution in [0.15, 0.2) is 64.6 Å². The smallest absolute Gasteiger partial charge is 0.280 e. The first-order valence-electron chi connectivity index (χ1n) is 8.53. The highest BCUT2D eigenvalue weighted by Gasteiger charge is 2.18. The van der Waals surface area contributed by atoms with Crippen molar-refractivity contribution in [2.45, 2.75) is 0 Å². The van der Waals surface area contributed by atoms with Crippen molar-refractivity contribution in [3.05, 3.63) is 81.1 Å². The molecule has 1 amide bonds. The summed E-state index contributed by atoms with van der Waals surface area (Å²) in [5, 5.41) is 23.4. The number of anilines is 1. The van der Waals surface area contributed by atoms with E-state index in [9.17, 15) is 20.2 Å². The van der Waals surface area contributed by atoms with Crippen LogP contribution in [0, 0.1) is 21.4 Å². The lowest BCUT2D eigenvalue weighted by Crippen LogP contribution is -2.13. The van der Waals surface area contributed by atoms with Gasteiger partial charge in [-0.2, -0.15) is 5.26 Å². The zero-order valence-electron chi connectivity index (χ0n) is 15.6. The molecular formula is C21H14ClN3O5. The summed E-state index contributed by atoms with van der Waals surface area (Å²) in [6.07, 6.45) is 1.25. The number of nitrogens with zero attached hydrogens (tertiary/aromatic N) is 2.